The second-order valence-electron chi connectivity index (χ2n) is 14.7. The summed E-state index contributed by atoms with van der Waals surface area (Å²) in [6.07, 6.45) is -12.7. The molecule has 0 spiro atoms. The van der Waals surface area contributed by atoms with Crippen molar-refractivity contribution in [1.82, 2.24) is 25.8 Å². The molecule has 322 valence electrons. The molecule has 0 aromatic heterocycles. The zero-order valence-corrected chi connectivity index (χ0v) is 32.4. The monoisotopic (exact) mass is 811 g/mol. The van der Waals surface area contributed by atoms with Crippen LogP contribution in [0.2, 0.25) is 0 Å². The summed E-state index contributed by atoms with van der Waals surface area (Å²) in [7, 11) is 0. The number of nitrogens with zero attached hydrogens (tertiary/aromatic N) is 2. The number of hydrogen-bond donors (Lipinski definition) is 15. The van der Waals surface area contributed by atoms with Gasteiger partial charge in [0.15, 0.2) is 0 Å². The molecule has 8 atom stereocenters. The van der Waals surface area contributed by atoms with Gasteiger partial charge in [0.1, 0.15) is 48.1 Å². The number of rotatable bonds is 18. The van der Waals surface area contributed by atoms with E-state index < -0.39 is 86.9 Å². The van der Waals surface area contributed by atoms with Crippen LogP contribution in [-0.2, 0) is 13.1 Å². The number of aliphatic hydroxyl groups excluding tert-OH is 10. The summed E-state index contributed by atoms with van der Waals surface area (Å²) >= 11 is 0. The molecule has 1 heterocycles. The van der Waals surface area contributed by atoms with Crippen LogP contribution < -0.4 is 16.0 Å². The molecule has 2 aromatic carbocycles. The van der Waals surface area contributed by atoms with Gasteiger partial charge in [0.05, 0.1) is 36.5 Å². The molecule has 0 bridgehead atoms. The van der Waals surface area contributed by atoms with Crippen molar-refractivity contribution in [2.75, 3.05) is 65.6 Å². The number of aryl methyl sites for hydroxylation is 2. The van der Waals surface area contributed by atoms with Gasteiger partial charge in [-0.2, -0.15) is 0 Å². The first-order chi connectivity index (χ1) is 27.0. The van der Waals surface area contributed by atoms with Gasteiger partial charge in [0.25, 0.3) is 11.8 Å². The normalized spacial score (nSPS) is 19.3. The Balaban J connectivity index is 1.66. The van der Waals surface area contributed by atoms with Gasteiger partial charge < -0.3 is 77.2 Å². The topological polar surface area (TPSA) is 319 Å². The van der Waals surface area contributed by atoms with Crippen molar-refractivity contribution in [3.63, 3.8) is 0 Å². The molecule has 0 aliphatic carbocycles. The number of carbonyl (C=O) groups is 2. The minimum atomic E-state index is -1.86. The molecule has 0 radical (unpaired) electrons. The lowest BCUT2D eigenvalue weighted by Crippen LogP contribution is -2.49. The third kappa shape index (κ3) is 14.1. The number of benzene rings is 2. The summed E-state index contributed by atoms with van der Waals surface area (Å²) in [5, 5.41) is 128. The summed E-state index contributed by atoms with van der Waals surface area (Å²) in [6.45, 7) is 5.30. The Hall–Kier alpha value is -3.54. The van der Waals surface area contributed by atoms with Crippen LogP contribution in [0.3, 0.4) is 0 Å². The molecule has 8 unspecified atom stereocenters. The van der Waals surface area contributed by atoms with E-state index >= 15 is 0 Å². The van der Waals surface area contributed by atoms with Crippen molar-refractivity contribution < 1.29 is 70.9 Å². The fraction of sp³-hybridized carbons (Fsp3) is 0.632. The number of aliphatic hydroxyl groups is 10. The molecular formula is C38H61N5O14. The first-order valence-corrected chi connectivity index (χ1v) is 19.0. The minimum absolute atomic E-state index is 0.0511. The molecule has 1 saturated heterocycles. The smallest absolute Gasteiger partial charge is 0.255 e. The van der Waals surface area contributed by atoms with E-state index in [4.69, 9.17) is 10.2 Å². The summed E-state index contributed by atoms with van der Waals surface area (Å²) in [5.74, 6) is -1.98. The maximum atomic E-state index is 13.1. The van der Waals surface area contributed by atoms with Crippen LogP contribution in [0.5, 0.6) is 11.5 Å². The number of amides is 2. The third-order valence-corrected chi connectivity index (χ3v) is 9.92. The quantitative estimate of drug-likeness (QED) is 0.0678. The van der Waals surface area contributed by atoms with Crippen LogP contribution in [0.25, 0.3) is 0 Å². The first kappa shape index (κ1) is 47.8. The number of carbonyl (C=O) groups excluding carboxylic acids is 2. The van der Waals surface area contributed by atoms with Crippen LogP contribution >= 0.6 is 0 Å². The molecule has 15 N–H and O–H groups in total. The van der Waals surface area contributed by atoms with Crippen LogP contribution in [0, 0.1) is 13.8 Å². The molecule has 1 aliphatic heterocycles. The lowest BCUT2D eigenvalue weighted by molar-refractivity contribution is -0.113. The highest BCUT2D eigenvalue weighted by atomic mass is 16.4. The van der Waals surface area contributed by atoms with Gasteiger partial charge in [0.2, 0.25) is 0 Å². The molecule has 19 nitrogen and oxygen atoms in total. The first-order valence-electron chi connectivity index (χ1n) is 19.0. The van der Waals surface area contributed by atoms with Gasteiger partial charge in [-0.3, -0.25) is 19.4 Å². The molecule has 2 aromatic rings. The van der Waals surface area contributed by atoms with Crippen LogP contribution in [-0.4, -0.2) is 197 Å². The molecule has 1 fully saturated rings. The maximum Gasteiger partial charge on any atom is 0.255 e. The number of phenols is 2. The zero-order valence-electron chi connectivity index (χ0n) is 32.4. The Morgan fingerprint density at radius 2 is 0.982 bits per heavy atom. The Morgan fingerprint density at radius 3 is 1.40 bits per heavy atom. The average Bonchev–Trinajstić information content (AvgIpc) is 3.24. The number of nitrogens with one attached hydrogen (secondary N) is 3. The van der Waals surface area contributed by atoms with Gasteiger partial charge in [-0.05, 0) is 76.1 Å². The highest BCUT2D eigenvalue weighted by Gasteiger charge is 2.32. The van der Waals surface area contributed by atoms with E-state index in [0.29, 0.717) is 81.0 Å². The van der Waals surface area contributed by atoms with Crippen molar-refractivity contribution in [3.8, 4) is 11.5 Å². The van der Waals surface area contributed by atoms with Crippen molar-refractivity contribution in [2.24, 2.45) is 0 Å². The Labute approximate surface area is 331 Å². The van der Waals surface area contributed by atoms with E-state index in [1.54, 1.807) is 26.0 Å². The summed E-state index contributed by atoms with van der Waals surface area (Å²) < 4.78 is 0. The van der Waals surface area contributed by atoms with E-state index in [1.807, 2.05) is 0 Å². The second kappa shape index (κ2) is 23.2. The van der Waals surface area contributed by atoms with Crippen molar-refractivity contribution >= 4 is 11.8 Å². The Morgan fingerprint density at radius 1 is 0.596 bits per heavy atom. The number of phenolic OH excluding ortho intramolecular Hbond substituents is 2. The lowest BCUT2D eigenvalue weighted by atomic mass is 10.0. The van der Waals surface area contributed by atoms with Gasteiger partial charge in [-0.25, -0.2) is 0 Å². The maximum absolute atomic E-state index is 13.1. The van der Waals surface area contributed by atoms with Crippen molar-refractivity contribution in [1.29, 1.82) is 0 Å². The van der Waals surface area contributed by atoms with Crippen molar-refractivity contribution in [3.05, 3.63) is 57.6 Å². The summed E-state index contributed by atoms with van der Waals surface area (Å²) in [4.78, 5) is 30.4. The molecule has 0 saturated carbocycles. The van der Waals surface area contributed by atoms with E-state index in [1.165, 1.54) is 12.1 Å². The van der Waals surface area contributed by atoms with Gasteiger partial charge in [-0.1, -0.05) is 12.1 Å². The largest absolute Gasteiger partial charge is 0.507 e. The predicted molar refractivity (Wildman–Crippen MR) is 205 cm³/mol. The predicted octanol–water partition coefficient (Wildman–Crippen LogP) is -4.27. The van der Waals surface area contributed by atoms with Gasteiger partial charge >= 0.3 is 0 Å². The van der Waals surface area contributed by atoms with E-state index in [9.17, 15) is 60.7 Å². The SMILES string of the molecule is Cc1cc(CN2CCCNCCN(Cc3cc(C)cc(C(=O)NCC(O)C(O)C(O)C(O)CO)c3O)CCC2)c(O)c(C(=O)NCC(O)C(O)C(O)C(O)CO)c1. The second-order valence-corrected chi connectivity index (χ2v) is 14.7. The van der Waals surface area contributed by atoms with Gasteiger partial charge in [-0.15, -0.1) is 0 Å². The third-order valence-electron chi connectivity index (χ3n) is 9.92. The molecule has 2 amide bonds. The van der Waals surface area contributed by atoms with Crippen LogP contribution in [0.4, 0.5) is 0 Å². The molecule has 1 aliphatic rings. The summed E-state index contributed by atoms with van der Waals surface area (Å²) in [6, 6.07) is 6.51. The molecule has 19 heteroatoms. The summed E-state index contributed by atoms with van der Waals surface area (Å²) in [5.41, 5.74) is 2.26. The van der Waals surface area contributed by atoms with E-state index in [0.717, 1.165) is 6.42 Å². The van der Waals surface area contributed by atoms with E-state index in [-0.39, 0.29) is 22.6 Å². The standard InChI is InChI=1S/C38H61N5O14/c1-21-11-23(31(50)25(13-21)37(56)40-15-27(46)33(52)35(54)29(48)19-44)17-42-7-3-5-39-6-10-43(9-4-8-42)18-24-12-22(2)14-26(32(24)51)38(57)41-16-28(47)34(53)36(55)30(49)20-45/h11-14,27-30,33-36,39,44-55H,3-10,15-20H2,1-2H3,(H,40,56)(H,41,57). The fourth-order valence-corrected chi connectivity index (χ4v) is 6.58. The Bertz CT molecular complexity index is 1470. The highest BCUT2D eigenvalue weighted by Crippen LogP contribution is 2.28. The minimum Gasteiger partial charge on any atom is -0.507 e. The lowest BCUT2D eigenvalue weighted by Gasteiger charge is -2.26. The van der Waals surface area contributed by atoms with Crippen LogP contribution in [0.1, 0.15) is 55.8 Å². The van der Waals surface area contributed by atoms with Crippen LogP contribution in [0.15, 0.2) is 24.3 Å². The molecule has 57 heavy (non-hydrogen) atoms. The zero-order chi connectivity index (χ0) is 42.4. The van der Waals surface area contributed by atoms with Gasteiger partial charge in [0, 0.05) is 50.4 Å². The highest BCUT2D eigenvalue weighted by molar-refractivity contribution is 5.98. The number of hydrogen-bond acceptors (Lipinski definition) is 17. The molecular weight excluding hydrogens is 750 g/mol. The number of aromatic hydroxyl groups is 2. The van der Waals surface area contributed by atoms with E-state index in [2.05, 4.69) is 25.8 Å². The fourth-order valence-electron chi connectivity index (χ4n) is 6.58. The molecule has 3 rings (SSSR count). The van der Waals surface area contributed by atoms with Crippen molar-refractivity contribution in [2.45, 2.75) is 88.6 Å². The Kier molecular flexibility index (Phi) is 19.4. The average molecular weight is 812 g/mol.